The third-order valence-corrected chi connectivity index (χ3v) is 8.97. The Morgan fingerprint density at radius 1 is 0.784 bits per heavy atom. The summed E-state index contributed by atoms with van der Waals surface area (Å²) in [5.74, 6) is 1.12. The van der Waals surface area contributed by atoms with Crippen LogP contribution in [-0.4, -0.2) is 23.2 Å². The molecule has 3 rings (SSSR count). The van der Waals surface area contributed by atoms with Gasteiger partial charge in [-0.3, -0.25) is 0 Å². The highest BCUT2D eigenvalue weighted by Crippen LogP contribution is 2.59. The molecule has 1 aromatic rings. The molecule has 3 unspecified atom stereocenters. The number of phenols is 2. The summed E-state index contributed by atoms with van der Waals surface area (Å²) in [4.78, 5) is 13.0. The summed E-state index contributed by atoms with van der Waals surface area (Å²) in [5, 5.41) is 19.2. The number of carbonyl (C=O) groups excluding carboxylic acids is 1. The van der Waals surface area contributed by atoms with Crippen molar-refractivity contribution < 1.29 is 15.0 Å². The van der Waals surface area contributed by atoms with E-state index >= 15 is 0 Å². The highest BCUT2D eigenvalue weighted by Gasteiger charge is 2.49. The van der Waals surface area contributed by atoms with Crippen molar-refractivity contribution in [3.05, 3.63) is 29.8 Å². The summed E-state index contributed by atoms with van der Waals surface area (Å²) in [7, 11) is 2.01. The fraction of sp³-hybridized carbons (Fsp3) is 0.727. The van der Waals surface area contributed by atoms with Gasteiger partial charge in [0.15, 0.2) is 11.5 Å². The minimum absolute atomic E-state index is 0.0276. The van der Waals surface area contributed by atoms with Gasteiger partial charge in [0.2, 0.25) is 7.28 Å². The molecular formula is C33H52BO3. The molecule has 4 heteroatoms. The van der Waals surface area contributed by atoms with Gasteiger partial charge in [-0.1, -0.05) is 141 Å². The van der Waals surface area contributed by atoms with E-state index in [2.05, 4.69) is 6.92 Å². The Balaban J connectivity index is 1.52. The van der Waals surface area contributed by atoms with Crippen LogP contribution in [0.3, 0.4) is 0 Å². The normalized spacial score (nSPS) is 27.9. The molecule has 1 radical (unpaired) electrons. The van der Waals surface area contributed by atoms with Gasteiger partial charge in [0.25, 0.3) is 0 Å². The number of hydrogen-bond donors (Lipinski definition) is 2. The fourth-order valence-corrected chi connectivity index (χ4v) is 6.50. The maximum absolute atomic E-state index is 13.0. The molecule has 2 fully saturated rings. The molecule has 1 aromatic carbocycles. The van der Waals surface area contributed by atoms with E-state index < -0.39 is 0 Å². The lowest BCUT2D eigenvalue weighted by Gasteiger charge is -2.29. The van der Waals surface area contributed by atoms with E-state index in [-0.39, 0.29) is 22.5 Å². The minimum Gasteiger partial charge on any atom is -0.504 e. The van der Waals surface area contributed by atoms with Crippen LogP contribution < -0.4 is 0 Å². The molecule has 0 bridgehead atoms. The predicted octanol–water partition coefficient (Wildman–Crippen LogP) is 9.58. The summed E-state index contributed by atoms with van der Waals surface area (Å²) < 4.78 is 0. The van der Waals surface area contributed by atoms with Gasteiger partial charge < -0.3 is 15.0 Å². The van der Waals surface area contributed by atoms with E-state index in [0.717, 1.165) is 12.3 Å². The third kappa shape index (κ3) is 11.3. The zero-order valence-corrected chi connectivity index (χ0v) is 23.6. The Kier molecular flexibility index (Phi) is 13.1. The number of fused-ring (bicyclic) bond motifs is 1. The van der Waals surface area contributed by atoms with Crippen LogP contribution in [0, 0.1) is 11.8 Å². The SMILES string of the molecule is CC1([B]C(=O)/C=C/c2ccc(O)c(O)c2)CCCCCCCCCCCCCCCCCCCC2CC21. The van der Waals surface area contributed by atoms with Gasteiger partial charge in [0.1, 0.15) is 5.68 Å². The highest BCUT2D eigenvalue weighted by molar-refractivity contribution is 6.78. The maximum Gasteiger partial charge on any atom is 0.215 e. The van der Waals surface area contributed by atoms with Crippen molar-refractivity contribution >= 4 is 19.0 Å². The lowest BCUT2D eigenvalue weighted by Crippen LogP contribution is -2.26. The second-order valence-electron chi connectivity index (χ2n) is 12.3. The van der Waals surface area contributed by atoms with Crippen LogP contribution in [0.4, 0.5) is 0 Å². The van der Waals surface area contributed by atoms with Gasteiger partial charge in [-0.25, -0.2) is 0 Å². The molecule has 0 saturated heterocycles. The lowest BCUT2D eigenvalue weighted by molar-refractivity contribution is -0.108. The van der Waals surface area contributed by atoms with Crippen molar-refractivity contribution in [1.29, 1.82) is 0 Å². The molecule has 2 N–H and O–H groups in total. The summed E-state index contributed by atoms with van der Waals surface area (Å²) >= 11 is 0. The van der Waals surface area contributed by atoms with Crippen molar-refractivity contribution in [2.45, 2.75) is 141 Å². The first-order valence-corrected chi connectivity index (χ1v) is 15.6. The van der Waals surface area contributed by atoms with Crippen LogP contribution in [0.15, 0.2) is 24.3 Å². The Labute approximate surface area is 227 Å². The monoisotopic (exact) mass is 507 g/mol. The standard InChI is InChI=1S/C33H52BO3/c1-33(34-32(37)23-21-27-20-22-30(35)31(36)25-27)24-18-16-14-12-10-8-6-4-2-3-5-7-9-11-13-15-17-19-28-26-29(28)33/h20-23,25,28-29,35-36H,2-19,24,26H2,1H3/b23-21+. The Bertz CT molecular complexity index is 835. The number of rotatable bonds is 4. The van der Waals surface area contributed by atoms with Crippen molar-refractivity contribution in [3.8, 4) is 11.5 Å². The first-order valence-electron chi connectivity index (χ1n) is 15.6. The van der Waals surface area contributed by atoms with Crippen LogP contribution in [0.1, 0.15) is 141 Å². The minimum atomic E-state index is -0.160. The smallest absolute Gasteiger partial charge is 0.215 e. The molecule has 3 atom stereocenters. The molecule has 37 heavy (non-hydrogen) atoms. The van der Waals surface area contributed by atoms with E-state index in [1.165, 1.54) is 134 Å². The Morgan fingerprint density at radius 2 is 1.30 bits per heavy atom. The van der Waals surface area contributed by atoms with E-state index in [4.69, 9.17) is 0 Å². The zero-order chi connectivity index (χ0) is 26.3. The molecule has 2 saturated carbocycles. The molecule has 3 nitrogen and oxygen atoms in total. The first-order chi connectivity index (χ1) is 18.0. The summed E-state index contributed by atoms with van der Waals surface area (Å²) in [6.07, 6.45) is 30.5. The van der Waals surface area contributed by atoms with Crippen LogP contribution in [0.2, 0.25) is 5.31 Å². The number of benzene rings is 1. The molecule has 2 aliphatic rings. The van der Waals surface area contributed by atoms with Crippen LogP contribution in [-0.2, 0) is 4.79 Å². The molecule has 0 aromatic heterocycles. The first kappa shape index (κ1) is 29.8. The molecule has 0 aliphatic heterocycles. The summed E-state index contributed by atoms with van der Waals surface area (Å²) in [6.45, 7) is 2.33. The molecule has 205 valence electrons. The number of allylic oxidation sites excluding steroid dienone is 1. The molecule has 0 spiro atoms. The average Bonchev–Trinajstić information content (AvgIpc) is 3.66. The molecule has 0 amide bonds. The van der Waals surface area contributed by atoms with Crippen LogP contribution >= 0.6 is 0 Å². The number of aromatic hydroxyl groups is 2. The summed E-state index contributed by atoms with van der Waals surface area (Å²) in [6, 6.07) is 4.65. The van der Waals surface area contributed by atoms with Crippen molar-refractivity contribution in [2.75, 3.05) is 0 Å². The molecule has 2 aliphatic carbocycles. The largest absolute Gasteiger partial charge is 0.504 e. The van der Waals surface area contributed by atoms with Gasteiger partial charge >= 0.3 is 0 Å². The Hall–Kier alpha value is -1.71. The van der Waals surface area contributed by atoms with Gasteiger partial charge in [-0.2, -0.15) is 0 Å². The van der Waals surface area contributed by atoms with Gasteiger partial charge in [-0.05, 0) is 47.3 Å². The maximum atomic E-state index is 13.0. The predicted molar refractivity (Wildman–Crippen MR) is 157 cm³/mol. The fourth-order valence-electron chi connectivity index (χ4n) is 6.50. The van der Waals surface area contributed by atoms with Crippen molar-refractivity contribution in [1.82, 2.24) is 0 Å². The zero-order valence-electron chi connectivity index (χ0n) is 23.6. The van der Waals surface area contributed by atoms with E-state index in [9.17, 15) is 15.0 Å². The van der Waals surface area contributed by atoms with E-state index in [0.29, 0.717) is 11.5 Å². The van der Waals surface area contributed by atoms with Crippen LogP contribution in [0.25, 0.3) is 6.08 Å². The highest BCUT2D eigenvalue weighted by atomic mass is 16.3. The average molecular weight is 508 g/mol. The second-order valence-corrected chi connectivity index (χ2v) is 12.3. The third-order valence-electron chi connectivity index (χ3n) is 8.97. The lowest BCUT2D eigenvalue weighted by atomic mass is 9.46. The number of phenolic OH excluding ortho intramolecular Hbond substituents is 2. The van der Waals surface area contributed by atoms with E-state index in [1.54, 1.807) is 18.2 Å². The number of hydrogen-bond acceptors (Lipinski definition) is 3. The second kappa shape index (κ2) is 16.3. The topological polar surface area (TPSA) is 57.5 Å². The quantitative estimate of drug-likeness (QED) is 0.242. The Morgan fingerprint density at radius 3 is 1.84 bits per heavy atom. The molecular weight excluding hydrogens is 455 g/mol. The van der Waals surface area contributed by atoms with E-state index in [1.807, 2.05) is 7.28 Å². The van der Waals surface area contributed by atoms with Gasteiger partial charge in [0, 0.05) is 0 Å². The van der Waals surface area contributed by atoms with Crippen molar-refractivity contribution in [2.24, 2.45) is 11.8 Å². The van der Waals surface area contributed by atoms with Crippen molar-refractivity contribution in [3.63, 3.8) is 0 Å². The van der Waals surface area contributed by atoms with Gasteiger partial charge in [-0.15, -0.1) is 0 Å². The number of carbonyl (C=O) groups is 1. The van der Waals surface area contributed by atoms with Gasteiger partial charge in [0.05, 0.1) is 0 Å². The summed E-state index contributed by atoms with van der Waals surface area (Å²) in [5.41, 5.74) is 0.774. The van der Waals surface area contributed by atoms with Crippen LogP contribution in [0.5, 0.6) is 11.5 Å². The molecule has 0 heterocycles.